The first-order valence-corrected chi connectivity index (χ1v) is 6.93. The fraction of sp³-hybridized carbons (Fsp3) is 0.133. The van der Waals surface area contributed by atoms with Crippen molar-refractivity contribution in [2.45, 2.75) is 13.8 Å². The van der Waals surface area contributed by atoms with E-state index in [1.165, 1.54) is 6.07 Å². The van der Waals surface area contributed by atoms with Crippen molar-refractivity contribution >= 4 is 34.9 Å². The van der Waals surface area contributed by atoms with E-state index in [4.69, 9.17) is 23.8 Å². The lowest BCUT2D eigenvalue weighted by atomic mass is 10.1. The third-order valence-electron chi connectivity index (χ3n) is 3.19. The predicted octanol–water partition coefficient (Wildman–Crippen LogP) is 5.10. The number of H-pyrrole nitrogens is 1. The molecule has 1 N–H and O–H groups in total. The van der Waals surface area contributed by atoms with Gasteiger partial charge in [0, 0.05) is 11.8 Å². The number of aromatic amines is 1. The molecule has 0 amide bonds. The Labute approximate surface area is 125 Å². The van der Waals surface area contributed by atoms with Crippen molar-refractivity contribution in [3.8, 4) is 5.69 Å². The quantitative estimate of drug-likeness (QED) is 0.620. The molecule has 1 heterocycles. The lowest BCUT2D eigenvalue weighted by Gasteiger charge is -2.08. The van der Waals surface area contributed by atoms with Gasteiger partial charge in [0.2, 0.25) is 0 Å². The van der Waals surface area contributed by atoms with E-state index in [-0.39, 0.29) is 5.02 Å². The van der Waals surface area contributed by atoms with Crippen molar-refractivity contribution in [2.24, 2.45) is 0 Å². The van der Waals surface area contributed by atoms with Gasteiger partial charge in [-0.05, 0) is 55.4 Å². The summed E-state index contributed by atoms with van der Waals surface area (Å²) < 4.78 is 16.1. The van der Waals surface area contributed by atoms with Crippen LogP contribution in [0.25, 0.3) is 16.7 Å². The first-order valence-electron chi connectivity index (χ1n) is 6.14. The Morgan fingerprint density at radius 2 is 1.75 bits per heavy atom. The summed E-state index contributed by atoms with van der Waals surface area (Å²) in [7, 11) is 0. The Hall–Kier alpha value is -1.65. The van der Waals surface area contributed by atoms with Crippen LogP contribution in [0.1, 0.15) is 11.1 Å². The number of aryl methyl sites for hydroxylation is 2. The number of aromatic nitrogens is 2. The van der Waals surface area contributed by atoms with Gasteiger partial charge < -0.3 is 4.98 Å². The van der Waals surface area contributed by atoms with Crippen molar-refractivity contribution in [2.75, 3.05) is 0 Å². The highest BCUT2D eigenvalue weighted by Crippen LogP contribution is 2.26. The topological polar surface area (TPSA) is 20.7 Å². The van der Waals surface area contributed by atoms with Gasteiger partial charge in [0.25, 0.3) is 0 Å². The van der Waals surface area contributed by atoms with Crippen molar-refractivity contribution in [3.05, 3.63) is 57.1 Å². The third-order valence-corrected chi connectivity index (χ3v) is 3.76. The van der Waals surface area contributed by atoms with Crippen LogP contribution in [0, 0.1) is 24.4 Å². The molecule has 1 aromatic heterocycles. The van der Waals surface area contributed by atoms with Crippen molar-refractivity contribution in [1.82, 2.24) is 9.55 Å². The minimum absolute atomic E-state index is 0.0846. The van der Waals surface area contributed by atoms with Crippen LogP contribution in [-0.2, 0) is 0 Å². The summed E-state index contributed by atoms with van der Waals surface area (Å²) in [5, 5.41) is 0.0846. The number of rotatable bonds is 1. The number of benzene rings is 2. The van der Waals surface area contributed by atoms with Crippen molar-refractivity contribution in [1.29, 1.82) is 0 Å². The zero-order chi connectivity index (χ0) is 14.4. The van der Waals surface area contributed by atoms with Gasteiger partial charge >= 0.3 is 0 Å². The highest BCUT2D eigenvalue weighted by atomic mass is 35.5. The molecule has 0 radical (unpaired) electrons. The molecule has 2 aromatic carbocycles. The Balaban J connectivity index is 2.38. The summed E-state index contributed by atoms with van der Waals surface area (Å²) in [5.41, 5.74) is 4.58. The molecule has 20 heavy (non-hydrogen) atoms. The molecule has 2 nitrogen and oxygen atoms in total. The Morgan fingerprint density at radius 1 is 1.10 bits per heavy atom. The maximum absolute atomic E-state index is 13.7. The Kier molecular flexibility index (Phi) is 3.15. The molecule has 0 saturated heterocycles. The van der Waals surface area contributed by atoms with E-state index in [1.54, 1.807) is 6.07 Å². The van der Waals surface area contributed by atoms with Crippen LogP contribution in [-0.4, -0.2) is 9.55 Å². The van der Waals surface area contributed by atoms with Gasteiger partial charge in [-0.2, -0.15) is 0 Å². The van der Waals surface area contributed by atoms with E-state index in [0.29, 0.717) is 10.3 Å². The second-order valence-corrected chi connectivity index (χ2v) is 5.69. The monoisotopic (exact) mass is 306 g/mol. The summed E-state index contributed by atoms with van der Waals surface area (Å²) in [4.78, 5) is 3.06. The second kappa shape index (κ2) is 4.72. The minimum atomic E-state index is -0.453. The van der Waals surface area contributed by atoms with Crippen LogP contribution in [0.15, 0.2) is 30.3 Å². The molecule has 5 heteroatoms. The normalized spacial score (nSPS) is 11.2. The van der Waals surface area contributed by atoms with E-state index >= 15 is 0 Å². The van der Waals surface area contributed by atoms with Gasteiger partial charge in [0.15, 0.2) is 4.77 Å². The first-order chi connectivity index (χ1) is 9.45. The molecule has 0 saturated carbocycles. The zero-order valence-corrected chi connectivity index (χ0v) is 12.6. The summed E-state index contributed by atoms with van der Waals surface area (Å²) in [6, 6.07) is 9.08. The van der Waals surface area contributed by atoms with E-state index in [1.807, 2.05) is 30.5 Å². The highest BCUT2D eigenvalue weighted by Gasteiger charge is 2.11. The zero-order valence-electron chi connectivity index (χ0n) is 11.0. The molecule has 0 aliphatic heterocycles. The molecule has 0 atom stereocenters. The average molecular weight is 307 g/mol. The Morgan fingerprint density at radius 3 is 2.40 bits per heavy atom. The van der Waals surface area contributed by atoms with Crippen LogP contribution in [0.2, 0.25) is 5.02 Å². The number of nitrogens with one attached hydrogen (secondary N) is 1. The lowest BCUT2D eigenvalue weighted by molar-refractivity contribution is 0.629. The molecule has 0 fully saturated rings. The molecular formula is C15H12ClFN2S. The number of hydrogen-bond acceptors (Lipinski definition) is 1. The van der Waals surface area contributed by atoms with Gasteiger partial charge in [0.1, 0.15) is 5.82 Å². The predicted molar refractivity (Wildman–Crippen MR) is 82.9 cm³/mol. The van der Waals surface area contributed by atoms with Crippen LogP contribution >= 0.6 is 23.8 Å². The van der Waals surface area contributed by atoms with Crippen LogP contribution in [0.3, 0.4) is 0 Å². The average Bonchev–Trinajstić information content (AvgIpc) is 2.64. The number of halogens is 2. The molecule has 3 aromatic rings. The third kappa shape index (κ3) is 2.15. The van der Waals surface area contributed by atoms with E-state index in [0.717, 1.165) is 22.3 Å². The molecule has 0 bridgehead atoms. The molecule has 0 spiro atoms. The lowest BCUT2D eigenvalue weighted by Crippen LogP contribution is -1.96. The SMILES string of the molecule is Cc1cc(C)cc(-n2c(=S)[nH]c3cc(Cl)c(F)cc32)c1. The summed E-state index contributed by atoms with van der Waals surface area (Å²) in [6.45, 7) is 4.04. The second-order valence-electron chi connectivity index (χ2n) is 4.89. The van der Waals surface area contributed by atoms with E-state index in [2.05, 4.69) is 11.1 Å². The van der Waals surface area contributed by atoms with Gasteiger partial charge in [-0.25, -0.2) is 4.39 Å². The molecular weight excluding hydrogens is 295 g/mol. The number of imidazole rings is 1. The van der Waals surface area contributed by atoms with E-state index in [9.17, 15) is 4.39 Å². The van der Waals surface area contributed by atoms with Crippen LogP contribution in [0.5, 0.6) is 0 Å². The maximum Gasteiger partial charge on any atom is 0.182 e. The van der Waals surface area contributed by atoms with Gasteiger partial charge in [-0.15, -0.1) is 0 Å². The largest absolute Gasteiger partial charge is 0.330 e. The van der Waals surface area contributed by atoms with Gasteiger partial charge in [0.05, 0.1) is 16.1 Å². The van der Waals surface area contributed by atoms with Crippen LogP contribution in [0.4, 0.5) is 4.39 Å². The summed E-state index contributed by atoms with van der Waals surface area (Å²) in [5.74, 6) is -0.453. The summed E-state index contributed by atoms with van der Waals surface area (Å²) in [6.07, 6.45) is 0. The number of fused-ring (bicyclic) bond motifs is 1. The number of hydrogen-bond donors (Lipinski definition) is 1. The molecule has 102 valence electrons. The van der Waals surface area contributed by atoms with Crippen molar-refractivity contribution in [3.63, 3.8) is 0 Å². The molecule has 0 aliphatic carbocycles. The first kappa shape index (κ1) is 13.3. The summed E-state index contributed by atoms with van der Waals surface area (Å²) >= 11 is 11.2. The maximum atomic E-state index is 13.7. The van der Waals surface area contributed by atoms with E-state index < -0.39 is 5.82 Å². The smallest absolute Gasteiger partial charge is 0.182 e. The standard InChI is InChI=1S/C15H12ClFN2S/c1-8-3-9(2)5-10(4-8)19-14-7-12(17)11(16)6-13(14)18-15(19)20/h3-7H,1-2H3,(H,18,20). The van der Waals surface area contributed by atoms with Gasteiger partial charge in [-0.3, -0.25) is 4.57 Å². The Bertz CT molecular complexity index is 859. The fourth-order valence-corrected chi connectivity index (χ4v) is 2.92. The minimum Gasteiger partial charge on any atom is -0.330 e. The highest BCUT2D eigenvalue weighted by molar-refractivity contribution is 7.71. The van der Waals surface area contributed by atoms with Crippen molar-refractivity contribution < 1.29 is 4.39 Å². The fourth-order valence-electron chi connectivity index (χ4n) is 2.44. The van der Waals surface area contributed by atoms with Crippen LogP contribution < -0.4 is 0 Å². The molecule has 0 aliphatic rings. The molecule has 0 unspecified atom stereocenters. The number of nitrogens with zero attached hydrogens (tertiary/aromatic N) is 1. The molecule has 3 rings (SSSR count). The van der Waals surface area contributed by atoms with Gasteiger partial charge in [-0.1, -0.05) is 17.7 Å².